The molecule has 3 rings (SSSR count). The smallest absolute Gasteiger partial charge is 0.230 e. The van der Waals surface area contributed by atoms with Crippen molar-refractivity contribution in [3.8, 4) is 5.69 Å². The monoisotopic (exact) mass is 373 g/mol. The molecule has 3 atom stereocenters. The fourth-order valence-electron chi connectivity index (χ4n) is 3.55. The first-order valence-corrected chi connectivity index (χ1v) is 10.2. The number of thioether (sulfide) groups is 1. The van der Waals surface area contributed by atoms with E-state index in [1.54, 1.807) is 4.68 Å². The van der Waals surface area contributed by atoms with Crippen LogP contribution in [0.2, 0.25) is 0 Å². The molecule has 1 aromatic heterocycles. The van der Waals surface area contributed by atoms with Gasteiger partial charge in [-0.3, -0.25) is 4.79 Å². The van der Waals surface area contributed by atoms with Gasteiger partial charge < -0.3 is 5.32 Å². The molecule has 0 saturated heterocycles. The predicted octanol–water partition coefficient (Wildman–Crippen LogP) is 3.31. The van der Waals surface area contributed by atoms with Crippen molar-refractivity contribution in [1.82, 2.24) is 25.5 Å². The molecule has 1 N–H and O–H groups in total. The molecule has 1 aromatic carbocycles. The average Bonchev–Trinajstić information content (AvgIpc) is 3.08. The van der Waals surface area contributed by atoms with Gasteiger partial charge in [0.25, 0.3) is 0 Å². The van der Waals surface area contributed by atoms with Crippen molar-refractivity contribution in [2.24, 2.45) is 11.8 Å². The molecule has 3 unspecified atom stereocenters. The molecule has 1 saturated carbocycles. The molecule has 0 aliphatic heterocycles. The highest BCUT2D eigenvalue weighted by molar-refractivity contribution is 7.99. The van der Waals surface area contributed by atoms with Crippen molar-refractivity contribution in [1.29, 1.82) is 0 Å². The summed E-state index contributed by atoms with van der Waals surface area (Å²) in [6, 6.07) is 6.33. The molecule has 0 radical (unpaired) electrons. The van der Waals surface area contributed by atoms with Gasteiger partial charge in [-0.25, -0.2) is 0 Å². The largest absolute Gasteiger partial charge is 0.352 e. The summed E-state index contributed by atoms with van der Waals surface area (Å²) in [7, 11) is 0. The van der Waals surface area contributed by atoms with Gasteiger partial charge in [0, 0.05) is 6.04 Å². The molecule has 6 nitrogen and oxygen atoms in total. The van der Waals surface area contributed by atoms with E-state index in [9.17, 15) is 4.79 Å². The zero-order chi connectivity index (χ0) is 18.7. The molecule has 1 aliphatic carbocycles. The van der Waals surface area contributed by atoms with Gasteiger partial charge in [0.05, 0.1) is 11.4 Å². The third-order valence-electron chi connectivity index (χ3n) is 5.63. The van der Waals surface area contributed by atoms with Crippen LogP contribution in [0.3, 0.4) is 0 Å². The van der Waals surface area contributed by atoms with Gasteiger partial charge in [0.2, 0.25) is 11.1 Å². The molecule has 1 aliphatic rings. The van der Waals surface area contributed by atoms with Crippen LogP contribution in [0, 0.1) is 25.7 Å². The number of carbonyl (C=O) groups is 1. The number of hydrogen-bond donors (Lipinski definition) is 1. The highest BCUT2D eigenvalue weighted by atomic mass is 32.2. The zero-order valence-corrected chi connectivity index (χ0v) is 16.7. The van der Waals surface area contributed by atoms with Crippen molar-refractivity contribution in [3.63, 3.8) is 0 Å². The quantitative estimate of drug-likeness (QED) is 0.814. The SMILES string of the molecule is Cc1cccc(-n2nnnc2SCC(=O)NC2CCCC(C)C2C)c1C. The number of carbonyl (C=O) groups excluding carboxylic acids is 1. The van der Waals surface area contributed by atoms with Gasteiger partial charge in [0.1, 0.15) is 0 Å². The van der Waals surface area contributed by atoms with E-state index in [0.717, 1.165) is 17.7 Å². The summed E-state index contributed by atoms with van der Waals surface area (Å²) >= 11 is 1.38. The maximum atomic E-state index is 12.4. The van der Waals surface area contributed by atoms with Gasteiger partial charge in [-0.05, 0) is 59.7 Å². The van der Waals surface area contributed by atoms with Crippen molar-refractivity contribution in [2.45, 2.75) is 58.2 Å². The number of nitrogens with one attached hydrogen (secondary N) is 1. The number of aryl methyl sites for hydroxylation is 1. The van der Waals surface area contributed by atoms with E-state index in [1.807, 2.05) is 12.1 Å². The number of amides is 1. The van der Waals surface area contributed by atoms with Gasteiger partial charge in [-0.1, -0.05) is 50.6 Å². The Balaban J connectivity index is 1.63. The maximum absolute atomic E-state index is 12.4. The van der Waals surface area contributed by atoms with Crippen LogP contribution < -0.4 is 5.32 Å². The minimum Gasteiger partial charge on any atom is -0.352 e. The Labute approximate surface area is 159 Å². The molecule has 1 amide bonds. The van der Waals surface area contributed by atoms with Gasteiger partial charge in [0.15, 0.2) is 0 Å². The Bertz CT molecular complexity index is 775. The van der Waals surface area contributed by atoms with Crippen LogP contribution in [0.5, 0.6) is 0 Å². The first kappa shape index (κ1) is 18.9. The number of rotatable bonds is 5. The summed E-state index contributed by atoms with van der Waals surface area (Å²) in [5, 5.41) is 15.8. The Kier molecular flexibility index (Phi) is 5.96. The molecule has 0 bridgehead atoms. The minimum atomic E-state index is 0.0523. The van der Waals surface area contributed by atoms with E-state index in [4.69, 9.17) is 0 Å². The summed E-state index contributed by atoms with van der Waals surface area (Å²) < 4.78 is 1.71. The number of tetrazole rings is 1. The lowest BCUT2D eigenvalue weighted by Crippen LogP contribution is -2.44. The van der Waals surface area contributed by atoms with Crippen molar-refractivity contribution >= 4 is 17.7 Å². The summed E-state index contributed by atoms with van der Waals surface area (Å²) in [4.78, 5) is 12.4. The van der Waals surface area contributed by atoms with Crippen LogP contribution in [-0.4, -0.2) is 37.9 Å². The fourth-order valence-corrected chi connectivity index (χ4v) is 4.24. The summed E-state index contributed by atoms with van der Waals surface area (Å²) in [5.41, 5.74) is 3.27. The van der Waals surface area contributed by atoms with Crippen LogP contribution in [-0.2, 0) is 4.79 Å². The molecule has 1 heterocycles. The van der Waals surface area contributed by atoms with E-state index in [2.05, 4.69) is 54.6 Å². The first-order valence-electron chi connectivity index (χ1n) is 9.24. The van der Waals surface area contributed by atoms with Crippen LogP contribution >= 0.6 is 11.8 Å². The normalized spacial score (nSPS) is 23.0. The van der Waals surface area contributed by atoms with E-state index >= 15 is 0 Å². The summed E-state index contributed by atoms with van der Waals surface area (Å²) in [6.45, 7) is 8.63. The molecular weight excluding hydrogens is 346 g/mol. The lowest BCUT2D eigenvalue weighted by Gasteiger charge is -2.34. The Morgan fingerprint density at radius 2 is 2.12 bits per heavy atom. The highest BCUT2D eigenvalue weighted by Gasteiger charge is 2.28. The maximum Gasteiger partial charge on any atom is 0.230 e. The van der Waals surface area contributed by atoms with E-state index in [-0.39, 0.29) is 11.9 Å². The molecule has 2 aromatic rings. The second-order valence-electron chi connectivity index (χ2n) is 7.32. The summed E-state index contributed by atoms with van der Waals surface area (Å²) in [5.74, 6) is 1.57. The van der Waals surface area contributed by atoms with Crippen molar-refractivity contribution in [2.75, 3.05) is 5.75 Å². The van der Waals surface area contributed by atoms with Crippen molar-refractivity contribution < 1.29 is 4.79 Å². The van der Waals surface area contributed by atoms with Gasteiger partial charge in [-0.2, -0.15) is 4.68 Å². The van der Waals surface area contributed by atoms with Crippen molar-refractivity contribution in [3.05, 3.63) is 29.3 Å². The van der Waals surface area contributed by atoms with Gasteiger partial charge >= 0.3 is 0 Å². The third kappa shape index (κ3) is 4.09. The van der Waals surface area contributed by atoms with E-state index in [0.29, 0.717) is 22.7 Å². The molecule has 1 fully saturated rings. The molecule has 0 spiro atoms. The average molecular weight is 374 g/mol. The molecule has 7 heteroatoms. The number of nitrogens with zero attached hydrogens (tertiary/aromatic N) is 4. The Morgan fingerprint density at radius 3 is 2.92 bits per heavy atom. The lowest BCUT2D eigenvalue weighted by molar-refractivity contribution is -0.120. The number of hydrogen-bond acceptors (Lipinski definition) is 5. The minimum absolute atomic E-state index is 0.0523. The molecule has 140 valence electrons. The second-order valence-corrected chi connectivity index (χ2v) is 8.26. The van der Waals surface area contributed by atoms with E-state index in [1.165, 1.54) is 30.2 Å². The molecule has 26 heavy (non-hydrogen) atoms. The van der Waals surface area contributed by atoms with Crippen LogP contribution in [0.15, 0.2) is 23.4 Å². The second kappa shape index (κ2) is 8.20. The topological polar surface area (TPSA) is 72.7 Å². The Morgan fingerprint density at radius 1 is 1.31 bits per heavy atom. The number of aromatic nitrogens is 4. The van der Waals surface area contributed by atoms with Crippen LogP contribution in [0.1, 0.15) is 44.2 Å². The van der Waals surface area contributed by atoms with Crippen LogP contribution in [0.4, 0.5) is 0 Å². The van der Waals surface area contributed by atoms with Gasteiger partial charge in [-0.15, -0.1) is 5.10 Å². The lowest BCUT2D eigenvalue weighted by atomic mass is 9.78. The summed E-state index contributed by atoms with van der Waals surface area (Å²) in [6.07, 6.45) is 3.52. The number of benzene rings is 1. The molecular formula is C19H27N5OS. The fraction of sp³-hybridized carbons (Fsp3) is 0.579. The van der Waals surface area contributed by atoms with E-state index < -0.39 is 0 Å². The predicted molar refractivity (Wildman–Crippen MR) is 103 cm³/mol. The zero-order valence-electron chi connectivity index (χ0n) is 15.9. The Hall–Kier alpha value is -1.89. The standard InChI is InChI=1S/C19H27N5OS/c1-12-7-5-9-16(14(12)3)20-18(25)11-26-19-21-22-23-24(19)17-10-6-8-13(2)15(17)4/h6,8,10,12,14,16H,5,7,9,11H2,1-4H3,(H,20,25). The van der Waals surface area contributed by atoms with Crippen LogP contribution in [0.25, 0.3) is 5.69 Å². The third-order valence-corrected chi connectivity index (χ3v) is 6.55. The highest BCUT2D eigenvalue weighted by Crippen LogP contribution is 2.29. The first-order chi connectivity index (χ1) is 12.5.